The number of thiazole rings is 1. The van der Waals surface area contributed by atoms with Crippen LogP contribution in [0, 0.1) is 5.82 Å². The molecule has 3 nitrogen and oxygen atoms in total. The summed E-state index contributed by atoms with van der Waals surface area (Å²) in [6, 6.07) is 4.63. The maximum atomic E-state index is 13.4. The van der Waals surface area contributed by atoms with Gasteiger partial charge in [0.15, 0.2) is 0 Å². The highest BCUT2D eigenvalue weighted by atomic mass is 35.5. The lowest BCUT2D eigenvalue weighted by atomic mass is 10.3. The standard InChI is InChI=1S/C15H15ClFN3S/c1-3-11-7-18-14(21-11)8-20-13-5-4-10(17)6-12(13)19-15(20)9(2)16/h4-7,9H,3,8H2,1-2H3. The quantitative estimate of drug-likeness (QED) is 0.660. The summed E-state index contributed by atoms with van der Waals surface area (Å²) in [6.45, 7) is 4.59. The third-order valence-electron chi connectivity index (χ3n) is 3.34. The molecule has 110 valence electrons. The largest absolute Gasteiger partial charge is 0.320 e. The highest BCUT2D eigenvalue weighted by Crippen LogP contribution is 2.27. The highest BCUT2D eigenvalue weighted by Gasteiger charge is 2.16. The molecule has 1 atom stereocenters. The minimum absolute atomic E-state index is 0.244. The summed E-state index contributed by atoms with van der Waals surface area (Å²) in [7, 11) is 0. The van der Waals surface area contributed by atoms with E-state index in [9.17, 15) is 4.39 Å². The number of fused-ring (bicyclic) bond motifs is 1. The van der Waals surface area contributed by atoms with E-state index in [4.69, 9.17) is 11.6 Å². The molecule has 3 rings (SSSR count). The number of hydrogen-bond acceptors (Lipinski definition) is 3. The van der Waals surface area contributed by atoms with Crippen LogP contribution in [0.2, 0.25) is 0 Å². The number of rotatable bonds is 4. The van der Waals surface area contributed by atoms with Gasteiger partial charge < -0.3 is 4.57 Å². The monoisotopic (exact) mass is 323 g/mol. The van der Waals surface area contributed by atoms with Crippen molar-refractivity contribution >= 4 is 34.0 Å². The Morgan fingerprint density at radius 2 is 2.24 bits per heavy atom. The molecule has 0 N–H and O–H groups in total. The SMILES string of the molecule is CCc1cnc(Cn2c(C(C)Cl)nc3cc(F)ccc32)s1. The number of aromatic nitrogens is 3. The van der Waals surface area contributed by atoms with Gasteiger partial charge >= 0.3 is 0 Å². The Labute approximate surface area is 131 Å². The highest BCUT2D eigenvalue weighted by molar-refractivity contribution is 7.11. The molecule has 1 unspecified atom stereocenters. The minimum atomic E-state index is -0.288. The average molecular weight is 324 g/mol. The summed E-state index contributed by atoms with van der Waals surface area (Å²) < 4.78 is 15.4. The third-order valence-corrected chi connectivity index (χ3v) is 4.66. The summed E-state index contributed by atoms with van der Waals surface area (Å²) in [5.41, 5.74) is 1.51. The van der Waals surface area contributed by atoms with Gasteiger partial charge in [0.25, 0.3) is 0 Å². The van der Waals surface area contributed by atoms with Crippen LogP contribution in [-0.4, -0.2) is 14.5 Å². The molecule has 0 fully saturated rings. The van der Waals surface area contributed by atoms with E-state index >= 15 is 0 Å². The van der Waals surface area contributed by atoms with E-state index in [2.05, 4.69) is 16.9 Å². The van der Waals surface area contributed by atoms with Crippen molar-refractivity contribution in [2.75, 3.05) is 0 Å². The molecule has 2 heterocycles. The van der Waals surface area contributed by atoms with Gasteiger partial charge in [0, 0.05) is 17.1 Å². The Morgan fingerprint density at radius 1 is 1.43 bits per heavy atom. The lowest BCUT2D eigenvalue weighted by molar-refractivity contribution is 0.629. The molecule has 0 saturated carbocycles. The van der Waals surface area contributed by atoms with Gasteiger partial charge in [-0.3, -0.25) is 0 Å². The van der Waals surface area contributed by atoms with Crippen LogP contribution in [0.3, 0.4) is 0 Å². The predicted octanol–water partition coefficient (Wildman–Crippen LogP) is 4.54. The Morgan fingerprint density at radius 3 is 2.90 bits per heavy atom. The maximum absolute atomic E-state index is 13.4. The van der Waals surface area contributed by atoms with Gasteiger partial charge in [-0.05, 0) is 25.5 Å². The second-order valence-electron chi connectivity index (χ2n) is 4.88. The van der Waals surface area contributed by atoms with Gasteiger partial charge in [-0.25, -0.2) is 14.4 Å². The molecule has 1 aromatic carbocycles. The number of alkyl halides is 1. The van der Waals surface area contributed by atoms with Gasteiger partial charge in [-0.15, -0.1) is 22.9 Å². The van der Waals surface area contributed by atoms with Crippen molar-refractivity contribution in [3.8, 4) is 0 Å². The van der Waals surface area contributed by atoms with Crippen molar-refractivity contribution in [3.05, 3.63) is 45.9 Å². The molecule has 21 heavy (non-hydrogen) atoms. The number of aryl methyl sites for hydroxylation is 1. The lowest BCUT2D eigenvalue weighted by Gasteiger charge is -2.08. The summed E-state index contributed by atoms with van der Waals surface area (Å²) in [5, 5.41) is 0.764. The van der Waals surface area contributed by atoms with Gasteiger partial charge in [0.05, 0.1) is 23.0 Å². The number of hydrogen-bond donors (Lipinski definition) is 0. The first-order valence-electron chi connectivity index (χ1n) is 6.81. The molecule has 0 amide bonds. The van der Waals surface area contributed by atoms with Gasteiger partial charge in [-0.1, -0.05) is 6.92 Å². The van der Waals surface area contributed by atoms with Crippen molar-refractivity contribution in [2.24, 2.45) is 0 Å². The molecule has 6 heteroatoms. The zero-order chi connectivity index (χ0) is 15.0. The van der Waals surface area contributed by atoms with Crippen molar-refractivity contribution in [3.63, 3.8) is 0 Å². The Hall–Kier alpha value is -1.46. The number of benzene rings is 1. The Balaban J connectivity index is 2.08. The second-order valence-corrected chi connectivity index (χ2v) is 6.73. The van der Waals surface area contributed by atoms with Gasteiger partial charge in [0.2, 0.25) is 0 Å². The topological polar surface area (TPSA) is 30.7 Å². The number of nitrogens with zero attached hydrogens (tertiary/aromatic N) is 3. The van der Waals surface area contributed by atoms with Gasteiger partial charge in [-0.2, -0.15) is 0 Å². The van der Waals surface area contributed by atoms with E-state index in [1.54, 1.807) is 17.4 Å². The van der Waals surface area contributed by atoms with E-state index in [-0.39, 0.29) is 11.2 Å². The fourth-order valence-corrected chi connectivity index (χ4v) is 3.33. The van der Waals surface area contributed by atoms with Crippen molar-refractivity contribution in [1.82, 2.24) is 14.5 Å². The van der Waals surface area contributed by atoms with E-state index in [0.717, 1.165) is 22.8 Å². The molecule has 0 aliphatic rings. The Bertz CT molecular complexity index is 778. The van der Waals surface area contributed by atoms with Crippen LogP contribution in [0.1, 0.15) is 34.9 Å². The molecule has 0 saturated heterocycles. The molecule has 0 radical (unpaired) electrons. The summed E-state index contributed by atoms with van der Waals surface area (Å²) in [4.78, 5) is 10.2. The smallest absolute Gasteiger partial charge is 0.128 e. The molecule has 3 aromatic rings. The summed E-state index contributed by atoms with van der Waals surface area (Å²) >= 11 is 7.91. The van der Waals surface area contributed by atoms with E-state index < -0.39 is 0 Å². The third kappa shape index (κ3) is 2.80. The van der Waals surface area contributed by atoms with Crippen LogP contribution < -0.4 is 0 Å². The molecule has 0 spiro atoms. The average Bonchev–Trinajstić information content (AvgIpc) is 3.04. The number of halogens is 2. The Kier molecular flexibility index (Phi) is 3.95. The predicted molar refractivity (Wildman–Crippen MR) is 84.6 cm³/mol. The summed E-state index contributed by atoms with van der Waals surface area (Å²) in [5.74, 6) is 0.453. The molecule has 0 aliphatic heterocycles. The first-order valence-corrected chi connectivity index (χ1v) is 8.07. The zero-order valence-electron chi connectivity index (χ0n) is 11.8. The van der Waals surface area contributed by atoms with E-state index in [1.807, 2.05) is 17.7 Å². The van der Waals surface area contributed by atoms with Crippen molar-refractivity contribution < 1.29 is 4.39 Å². The van der Waals surface area contributed by atoms with Crippen LogP contribution in [0.25, 0.3) is 11.0 Å². The van der Waals surface area contributed by atoms with Crippen LogP contribution in [0.5, 0.6) is 0 Å². The lowest BCUT2D eigenvalue weighted by Crippen LogP contribution is -2.05. The van der Waals surface area contributed by atoms with Crippen LogP contribution in [-0.2, 0) is 13.0 Å². The molecule has 2 aromatic heterocycles. The zero-order valence-corrected chi connectivity index (χ0v) is 13.4. The molecule has 0 aliphatic carbocycles. The van der Waals surface area contributed by atoms with Gasteiger partial charge in [0.1, 0.15) is 16.6 Å². The fourth-order valence-electron chi connectivity index (χ4n) is 2.31. The first-order chi connectivity index (χ1) is 10.1. The first kappa shape index (κ1) is 14.5. The minimum Gasteiger partial charge on any atom is -0.320 e. The normalized spacial score (nSPS) is 13.0. The van der Waals surface area contributed by atoms with Crippen molar-refractivity contribution in [1.29, 1.82) is 0 Å². The van der Waals surface area contributed by atoms with E-state index in [1.165, 1.54) is 17.0 Å². The van der Waals surface area contributed by atoms with Crippen LogP contribution >= 0.6 is 22.9 Å². The fraction of sp³-hybridized carbons (Fsp3) is 0.333. The maximum Gasteiger partial charge on any atom is 0.128 e. The van der Waals surface area contributed by atoms with Crippen LogP contribution in [0.4, 0.5) is 4.39 Å². The molecular formula is C15H15ClFN3S. The second kappa shape index (κ2) is 5.73. The summed E-state index contributed by atoms with van der Waals surface area (Å²) in [6.07, 6.45) is 2.88. The van der Waals surface area contributed by atoms with E-state index in [0.29, 0.717) is 12.1 Å². The molecule has 0 bridgehead atoms. The van der Waals surface area contributed by atoms with Crippen molar-refractivity contribution in [2.45, 2.75) is 32.2 Å². The molecular weight excluding hydrogens is 309 g/mol. The number of imidazole rings is 1. The van der Waals surface area contributed by atoms with Crippen LogP contribution in [0.15, 0.2) is 24.4 Å².